The molecule has 5 nitrogen and oxygen atoms in total. The van der Waals surface area contributed by atoms with Gasteiger partial charge < -0.3 is 5.11 Å². The minimum Gasteiger partial charge on any atom is -0.383 e. The minimum absolute atomic E-state index is 0.0301. The van der Waals surface area contributed by atoms with Crippen molar-refractivity contribution in [3.05, 3.63) is 83.4 Å². The molecule has 3 fully saturated rings. The third-order valence-corrected chi connectivity index (χ3v) is 7.60. The molecule has 0 amide bonds. The van der Waals surface area contributed by atoms with Crippen LogP contribution in [0.25, 0.3) is 0 Å². The first-order valence-corrected chi connectivity index (χ1v) is 10.3. The molecule has 158 valence electrons. The van der Waals surface area contributed by atoms with E-state index in [9.17, 15) is 13.9 Å². The van der Waals surface area contributed by atoms with Gasteiger partial charge in [-0.05, 0) is 59.8 Å². The monoisotopic (exact) mass is 420 g/mol. The summed E-state index contributed by atoms with van der Waals surface area (Å²) in [6, 6.07) is 13.1. The Labute approximate surface area is 179 Å². The van der Waals surface area contributed by atoms with E-state index in [1.54, 1.807) is 0 Å². The predicted octanol–water partition coefficient (Wildman–Crippen LogP) is 4.07. The van der Waals surface area contributed by atoms with Crippen molar-refractivity contribution in [2.24, 2.45) is 11.3 Å². The van der Waals surface area contributed by atoms with Gasteiger partial charge in [0, 0.05) is 11.6 Å². The fourth-order valence-electron chi connectivity index (χ4n) is 5.89. The summed E-state index contributed by atoms with van der Waals surface area (Å²) < 4.78 is 29.8. The van der Waals surface area contributed by atoms with Gasteiger partial charge in [0.15, 0.2) is 0 Å². The summed E-state index contributed by atoms with van der Waals surface area (Å²) >= 11 is 0. The van der Waals surface area contributed by atoms with Gasteiger partial charge in [0.05, 0.1) is 18.2 Å². The standard InChI is InChI=1S/C24H22F2N4O/c1-16(22-10-23(11-22,12-22)18-4-2-17(9-27)3-5-18)24(31,13-30-15-28-14-29-30)20-7-6-19(25)8-21(20)26/h2-8,14-16,31H,10-13H2,1H3. The summed E-state index contributed by atoms with van der Waals surface area (Å²) in [4.78, 5) is 3.93. The first-order chi connectivity index (χ1) is 14.8. The molecule has 2 unspecified atom stereocenters. The van der Waals surface area contributed by atoms with Crippen molar-refractivity contribution in [2.45, 2.75) is 43.7 Å². The zero-order valence-corrected chi connectivity index (χ0v) is 17.1. The highest BCUT2D eigenvalue weighted by molar-refractivity contribution is 5.43. The van der Waals surface area contributed by atoms with Crippen LogP contribution in [0.4, 0.5) is 8.78 Å². The molecule has 3 saturated carbocycles. The lowest BCUT2D eigenvalue weighted by Crippen LogP contribution is -2.70. The Bertz CT molecular complexity index is 1150. The van der Waals surface area contributed by atoms with Gasteiger partial charge in [-0.1, -0.05) is 25.1 Å². The topological polar surface area (TPSA) is 74.7 Å². The van der Waals surface area contributed by atoms with Crippen LogP contribution in [0.5, 0.6) is 0 Å². The average molecular weight is 420 g/mol. The van der Waals surface area contributed by atoms with Crippen LogP contribution in [0.1, 0.15) is 42.9 Å². The summed E-state index contributed by atoms with van der Waals surface area (Å²) in [6.07, 6.45) is 5.51. The molecule has 0 aliphatic heterocycles. The van der Waals surface area contributed by atoms with Crippen LogP contribution in [0, 0.1) is 34.3 Å². The Kier molecular flexibility index (Phi) is 4.28. The van der Waals surface area contributed by atoms with Crippen molar-refractivity contribution in [3.63, 3.8) is 0 Å². The van der Waals surface area contributed by atoms with Gasteiger partial charge in [-0.15, -0.1) is 0 Å². The third kappa shape index (κ3) is 2.89. The van der Waals surface area contributed by atoms with E-state index >= 15 is 0 Å². The Balaban J connectivity index is 1.45. The number of halogens is 2. The minimum atomic E-state index is -1.57. The van der Waals surface area contributed by atoms with Gasteiger partial charge in [0.1, 0.15) is 29.9 Å². The zero-order chi connectivity index (χ0) is 21.9. The van der Waals surface area contributed by atoms with E-state index in [0.717, 1.165) is 25.3 Å². The Morgan fingerprint density at radius 3 is 2.48 bits per heavy atom. The molecule has 3 aliphatic carbocycles. The molecule has 7 heteroatoms. The molecule has 2 bridgehead atoms. The van der Waals surface area contributed by atoms with Crippen LogP contribution in [-0.4, -0.2) is 19.9 Å². The molecule has 6 rings (SSSR count). The summed E-state index contributed by atoms with van der Waals surface area (Å²) in [5, 5.41) is 25.0. The fraction of sp³-hybridized carbons (Fsp3) is 0.375. The van der Waals surface area contributed by atoms with Crippen LogP contribution in [-0.2, 0) is 17.6 Å². The van der Waals surface area contributed by atoms with E-state index in [-0.39, 0.29) is 28.9 Å². The van der Waals surface area contributed by atoms with Crippen LogP contribution in [0.3, 0.4) is 0 Å². The van der Waals surface area contributed by atoms with Crippen LogP contribution in [0.15, 0.2) is 55.1 Å². The highest BCUT2D eigenvalue weighted by Crippen LogP contribution is 2.78. The molecule has 0 spiro atoms. The number of hydrogen-bond acceptors (Lipinski definition) is 4. The van der Waals surface area contributed by atoms with E-state index < -0.39 is 17.2 Å². The van der Waals surface area contributed by atoms with Crippen LogP contribution in [0.2, 0.25) is 0 Å². The number of rotatable bonds is 6. The summed E-state index contributed by atoms with van der Waals surface area (Å²) in [5.41, 5.74) is 0.264. The largest absolute Gasteiger partial charge is 0.383 e. The van der Waals surface area contributed by atoms with E-state index in [1.165, 1.54) is 35.0 Å². The predicted molar refractivity (Wildman–Crippen MR) is 109 cm³/mol. The number of nitriles is 1. The lowest BCUT2D eigenvalue weighted by atomic mass is 9.29. The second kappa shape index (κ2) is 6.69. The van der Waals surface area contributed by atoms with E-state index in [2.05, 4.69) is 16.2 Å². The van der Waals surface area contributed by atoms with Crippen molar-refractivity contribution in [2.75, 3.05) is 0 Å². The first-order valence-electron chi connectivity index (χ1n) is 10.3. The Morgan fingerprint density at radius 2 is 1.90 bits per heavy atom. The smallest absolute Gasteiger partial charge is 0.137 e. The number of aliphatic hydroxyl groups is 1. The second-order valence-corrected chi connectivity index (χ2v) is 9.23. The van der Waals surface area contributed by atoms with Gasteiger partial charge in [-0.25, -0.2) is 18.4 Å². The number of nitrogens with zero attached hydrogens (tertiary/aromatic N) is 4. The number of hydrogen-bond donors (Lipinski definition) is 1. The highest BCUT2D eigenvalue weighted by Gasteiger charge is 2.72. The molecule has 3 aliphatic rings. The Hall–Kier alpha value is -3.11. The van der Waals surface area contributed by atoms with Crippen molar-refractivity contribution in [1.82, 2.24) is 14.8 Å². The fourth-order valence-corrected chi connectivity index (χ4v) is 5.89. The maximum Gasteiger partial charge on any atom is 0.137 e. The molecule has 1 aromatic heterocycles. The van der Waals surface area contributed by atoms with Crippen LogP contribution >= 0.6 is 0 Å². The Morgan fingerprint density at radius 1 is 1.19 bits per heavy atom. The van der Waals surface area contributed by atoms with Crippen molar-refractivity contribution in [1.29, 1.82) is 5.26 Å². The molecule has 1 N–H and O–H groups in total. The first kappa shape index (κ1) is 19.8. The second-order valence-electron chi connectivity index (χ2n) is 9.23. The highest BCUT2D eigenvalue weighted by atomic mass is 19.1. The maximum atomic E-state index is 14.8. The van der Waals surface area contributed by atoms with Crippen molar-refractivity contribution >= 4 is 0 Å². The molecule has 2 atom stereocenters. The van der Waals surface area contributed by atoms with E-state index in [4.69, 9.17) is 5.26 Å². The quantitative estimate of drug-likeness (QED) is 0.652. The summed E-state index contributed by atoms with van der Waals surface area (Å²) in [5.74, 6) is -1.73. The lowest BCUT2D eigenvalue weighted by molar-refractivity contribution is -0.231. The number of aromatic nitrogens is 3. The van der Waals surface area contributed by atoms with Gasteiger partial charge in [-0.2, -0.15) is 10.4 Å². The van der Waals surface area contributed by atoms with E-state index in [1.807, 2.05) is 31.2 Å². The van der Waals surface area contributed by atoms with E-state index in [0.29, 0.717) is 5.56 Å². The molecule has 1 heterocycles. The van der Waals surface area contributed by atoms with Gasteiger partial charge in [0.25, 0.3) is 0 Å². The third-order valence-electron chi connectivity index (χ3n) is 7.60. The normalized spacial score (nSPS) is 26.8. The number of benzene rings is 2. The molecule has 31 heavy (non-hydrogen) atoms. The average Bonchev–Trinajstić information content (AvgIpc) is 3.19. The van der Waals surface area contributed by atoms with Gasteiger partial charge in [0.2, 0.25) is 0 Å². The molecular weight excluding hydrogens is 398 g/mol. The molecule has 2 aromatic carbocycles. The van der Waals surface area contributed by atoms with Gasteiger partial charge >= 0.3 is 0 Å². The molecule has 0 radical (unpaired) electrons. The van der Waals surface area contributed by atoms with Crippen molar-refractivity contribution in [3.8, 4) is 6.07 Å². The van der Waals surface area contributed by atoms with Gasteiger partial charge in [-0.3, -0.25) is 0 Å². The molecule has 3 aromatic rings. The van der Waals surface area contributed by atoms with Crippen LogP contribution < -0.4 is 0 Å². The summed E-state index contributed by atoms with van der Waals surface area (Å²) in [6.45, 7) is 1.98. The van der Waals surface area contributed by atoms with Crippen molar-refractivity contribution < 1.29 is 13.9 Å². The molecule has 0 saturated heterocycles. The maximum absolute atomic E-state index is 14.8. The summed E-state index contributed by atoms with van der Waals surface area (Å²) in [7, 11) is 0. The SMILES string of the molecule is CC(C12CC(c3ccc(C#N)cc3)(C1)C2)C(O)(Cn1cncn1)c1ccc(F)cc1F. The lowest BCUT2D eigenvalue weighted by Gasteiger charge is -2.75. The zero-order valence-electron chi connectivity index (χ0n) is 17.1. The molecular formula is C24H22F2N4O.